The normalized spacial score (nSPS) is 13.3. The van der Waals surface area contributed by atoms with E-state index in [1.165, 1.54) is 58.3 Å². The van der Waals surface area contributed by atoms with Crippen LogP contribution in [-0.2, 0) is 22.4 Å². The van der Waals surface area contributed by atoms with Gasteiger partial charge < -0.3 is 16.0 Å². The summed E-state index contributed by atoms with van der Waals surface area (Å²) in [6.45, 7) is 0.845. The summed E-state index contributed by atoms with van der Waals surface area (Å²) >= 11 is 2.86. The molecule has 212 valence electrons. The zero-order valence-electron chi connectivity index (χ0n) is 23.1. The van der Waals surface area contributed by atoms with Crippen LogP contribution in [0.3, 0.4) is 0 Å². The van der Waals surface area contributed by atoms with Gasteiger partial charge in [-0.15, -0.1) is 18.2 Å². The van der Waals surface area contributed by atoms with Gasteiger partial charge in [0.25, 0.3) is 0 Å². The Morgan fingerprint density at radius 3 is 2.66 bits per heavy atom. The molecule has 1 aliphatic carbocycles. The van der Waals surface area contributed by atoms with Gasteiger partial charge in [-0.25, -0.2) is 4.98 Å². The first kappa shape index (κ1) is 28.9. The first-order valence-electron chi connectivity index (χ1n) is 14.2. The van der Waals surface area contributed by atoms with Crippen molar-refractivity contribution in [2.24, 2.45) is 0 Å². The van der Waals surface area contributed by atoms with Crippen molar-refractivity contribution in [3.63, 3.8) is 0 Å². The Hall–Kier alpha value is -3.61. The van der Waals surface area contributed by atoms with Gasteiger partial charge >= 0.3 is 0 Å². The number of benzene rings is 2. The molecule has 4 aromatic rings. The average Bonchev–Trinajstić information content (AvgIpc) is 3.40. The summed E-state index contributed by atoms with van der Waals surface area (Å²) in [5.74, 6) is 3.05. The Morgan fingerprint density at radius 2 is 1.80 bits per heavy atom. The molecule has 2 heterocycles. The van der Waals surface area contributed by atoms with Crippen LogP contribution in [0.2, 0.25) is 0 Å². The Bertz CT molecular complexity index is 1530. The number of para-hydroxylation sites is 2. The second-order valence-electron chi connectivity index (χ2n) is 10.2. The third-order valence-electron chi connectivity index (χ3n) is 7.20. The number of aromatic nitrogens is 2. The number of nitrogens with one attached hydrogen (secondary N) is 3. The summed E-state index contributed by atoms with van der Waals surface area (Å²) in [4.78, 5) is 35.2. The molecule has 1 unspecified atom stereocenters. The van der Waals surface area contributed by atoms with E-state index < -0.39 is 6.04 Å². The lowest BCUT2D eigenvalue weighted by Gasteiger charge is -2.21. The van der Waals surface area contributed by atoms with Crippen molar-refractivity contribution in [3.8, 4) is 12.3 Å². The van der Waals surface area contributed by atoms with Gasteiger partial charge in [0.2, 0.25) is 11.8 Å². The third kappa shape index (κ3) is 7.57. The van der Waals surface area contributed by atoms with Crippen LogP contribution in [-0.4, -0.2) is 45.9 Å². The monoisotopic (exact) mass is 585 g/mol. The molecule has 3 N–H and O–H groups in total. The van der Waals surface area contributed by atoms with E-state index in [2.05, 4.69) is 45.1 Å². The van der Waals surface area contributed by atoms with Gasteiger partial charge in [-0.3, -0.25) is 14.6 Å². The number of thiazole rings is 1. The number of hydrogen-bond acceptors (Lipinski definition) is 7. The maximum Gasteiger partial charge on any atom is 0.249 e. The molecular formula is C32H35N5O2S2. The van der Waals surface area contributed by atoms with Crippen LogP contribution in [0.15, 0.2) is 48.5 Å². The minimum absolute atomic E-state index is 0.127. The van der Waals surface area contributed by atoms with E-state index >= 15 is 0 Å². The quantitative estimate of drug-likeness (QED) is 0.128. The summed E-state index contributed by atoms with van der Waals surface area (Å²) in [6, 6.07) is 15.4. The number of unbranched alkanes of at least 4 members (excludes halogenated alkanes) is 2. The molecule has 7 nitrogen and oxygen atoms in total. The molecule has 41 heavy (non-hydrogen) atoms. The Kier molecular flexibility index (Phi) is 10.1. The zero-order chi connectivity index (χ0) is 28.4. The van der Waals surface area contributed by atoms with E-state index in [0.717, 1.165) is 54.4 Å². The minimum Gasteiger partial charge on any atom is -0.384 e. The number of terminal acetylenes is 1. The summed E-state index contributed by atoms with van der Waals surface area (Å²) in [6.07, 6.45) is 12.9. The number of carbonyl (C=O) groups excluding carboxylic acids is 2. The van der Waals surface area contributed by atoms with Gasteiger partial charge in [0.15, 0.2) is 5.13 Å². The summed E-state index contributed by atoms with van der Waals surface area (Å²) in [7, 11) is 0. The number of anilines is 2. The first-order chi connectivity index (χ1) is 20.1. The van der Waals surface area contributed by atoms with Crippen LogP contribution < -0.4 is 16.0 Å². The van der Waals surface area contributed by atoms with E-state index in [-0.39, 0.29) is 11.8 Å². The topological polar surface area (TPSA) is 96.0 Å². The fourth-order valence-electron chi connectivity index (χ4n) is 5.18. The predicted molar refractivity (Wildman–Crippen MR) is 172 cm³/mol. The largest absolute Gasteiger partial charge is 0.384 e. The highest BCUT2D eigenvalue weighted by Gasteiger charge is 2.22. The fourth-order valence-corrected chi connectivity index (χ4v) is 6.75. The lowest BCUT2D eigenvalue weighted by Crippen LogP contribution is -2.45. The molecule has 0 radical (unpaired) electrons. The van der Waals surface area contributed by atoms with Crippen molar-refractivity contribution in [1.29, 1.82) is 0 Å². The first-order valence-corrected chi connectivity index (χ1v) is 16.2. The van der Waals surface area contributed by atoms with Crippen molar-refractivity contribution < 1.29 is 9.59 Å². The number of amides is 2. The molecule has 0 spiro atoms. The maximum absolute atomic E-state index is 13.0. The molecular weight excluding hydrogens is 551 g/mol. The Labute approximate surface area is 249 Å². The molecule has 2 amide bonds. The van der Waals surface area contributed by atoms with Crippen LogP contribution in [0.25, 0.3) is 21.1 Å². The van der Waals surface area contributed by atoms with Gasteiger partial charge in [0.1, 0.15) is 6.04 Å². The highest BCUT2D eigenvalue weighted by molar-refractivity contribution is 7.99. The van der Waals surface area contributed by atoms with E-state index in [0.29, 0.717) is 23.1 Å². The summed E-state index contributed by atoms with van der Waals surface area (Å²) in [5.41, 5.74) is 5.72. The van der Waals surface area contributed by atoms with E-state index in [9.17, 15) is 9.59 Å². The number of nitrogens with zero attached hydrogens (tertiary/aromatic N) is 2. The second kappa shape index (κ2) is 14.3. The highest BCUT2D eigenvalue weighted by Crippen LogP contribution is 2.33. The SMILES string of the molecule is C#CCSCC(NC(=O)CCCCCNc1c2c(nc3ccccc13)CCCC2)C(=O)Nc1nc2ccccc2s1. The van der Waals surface area contributed by atoms with Crippen molar-refractivity contribution >= 4 is 66.9 Å². The standard InChI is InChI=1S/C32H35N5O2S2/c1-2-20-40-21-27(31(39)37-32-36-26-16-9-10-17-28(26)41-32)35-29(38)18-4-3-11-19-33-30-22-12-5-7-14-24(22)34-25-15-8-6-13-23(25)30/h1,5,7,9-10,12,14,16-17,27H,3-4,6,8,11,13,15,18-21H2,(H,33,34)(H,35,38)(H,36,37,39). The van der Waals surface area contributed by atoms with E-state index in [4.69, 9.17) is 11.4 Å². The molecule has 2 aromatic heterocycles. The number of rotatable bonds is 13. The highest BCUT2D eigenvalue weighted by atomic mass is 32.2. The number of aryl methyl sites for hydroxylation is 1. The Balaban J connectivity index is 1.09. The second-order valence-corrected chi connectivity index (χ2v) is 12.2. The van der Waals surface area contributed by atoms with Crippen molar-refractivity contribution in [2.75, 3.05) is 28.7 Å². The van der Waals surface area contributed by atoms with Gasteiger partial charge in [0.05, 0.1) is 21.5 Å². The van der Waals surface area contributed by atoms with E-state index in [1.807, 2.05) is 30.3 Å². The molecule has 1 atom stereocenters. The molecule has 0 fully saturated rings. The minimum atomic E-state index is -0.680. The number of carbonyl (C=O) groups is 2. The van der Waals surface area contributed by atoms with Gasteiger partial charge in [0, 0.05) is 35.5 Å². The van der Waals surface area contributed by atoms with Gasteiger partial charge in [-0.1, -0.05) is 54.0 Å². The number of fused-ring (bicyclic) bond motifs is 3. The molecule has 0 saturated carbocycles. The Morgan fingerprint density at radius 1 is 1.00 bits per heavy atom. The van der Waals surface area contributed by atoms with Crippen LogP contribution in [0.1, 0.15) is 49.8 Å². The molecule has 2 aromatic carbocycles. The lowest BCUT2D eigenvalue weighted by molar-refractivity contribution is -0.126. The average molecular weight is 586 g/mol. The van der Waals surface area contributed by atoms with Crippen molar-refractivity contribution in [1.82, 2.24) is 15.3 Å². The zero-order valence-corrected chi connectivity index (χ0v) is 24.7. The van der Waals surface area contributed by atoms with Gasteiger partial charge in [-0.05, 0) is 62.3 Å². The van der Waals surface area contributed by atoms with Crippen LogP contribution in [0.4, 0.5) is 10.8 Å². The van der Waals surface area contributed by atoms with Crippen molar-refractivity contribution in [3.05, 3.63) is 59.8 Å². The molecule has 0 aliphatic heterocycles. The van der Waals surface area contributed by atoms with Crippen LogP contribution in [0.5, 0.6) is 0 Å². The van der Waals surface area contributed by atoms with Gasteiger partial charge in [-0.2, -0.15) is 0 Å². The van der Waals surface area contributed by atoms with E-state index in [1.54, 1.807) is 0 Å². The van der Waals surface area contributed by atoms with Crippen molar-refractivity contribution in [2.45, 2.75) is 57.4 Å². The smallest absolute Gasteiger partial charge is 0.249 e. The molecule has 1 aliphatic rings. The van der Waals surface area contributed by atoms with Crippen LogP contribution >= 0.6 is 23.1 Å². The summed E-state index contributed by atoms with van der Waals surface area (Å²) in [5, 5.41) is 11.2. The molecule has 5 rings (SSSR count). The predicted octanol–water partition coefficient (Wildman–Crippen LogP) is 6.19. The molecule has 9 heteroatoms. The summed E-state index contributed by atoms with van der Waals surface area (Å²) < 4.78 is 0.997. The molecule has 0 bridgehead atoms. The molecule has 0 saturated heterocycles. The van der Waals surface area contributed by atoms with Crippen LogP contribution in [0, 0.1) is 12.3 Å². The third-order valence-corrected chi connectivity index (χ3v) is 9.09. The fraction of sp³-hybridized carbons (Fsp3) is 0.375. The number of thioether (sulfide) groups is 1. The number of pyridine rings is 1. The lowest BCUT2D eigenvalue weighted by atomic mass is 9.92. The maximum atomic E-state index is 13.0. The number of hydrogen-bond donors (Lipinski definition) is 3.